The van der Waals surface area contributed by atoms with Gasteiger partial charge in [-0.1, -0.05) is 38.3 Å². The van der Waals surface area contributed by atoms with Gasteiger partial charge in [0.2, 0.25) is 0 Å². The van der Waals surface area contributed by atoms with Crippen molar-refractivity contribution in [2.24, 2.45) is 13.0 Å². The van der Waals surface area contributed by atoms with Gasteiger partial charge in [0.1, 0.15) is 5.82 Å². The maximum atomic E-state index is 12.2. The number of rotatable bonds is 7. The van der Waals surface area contributed by atoms with Crippen molar-refractivity contribution in [1.29, 1.82) is 0 Å². The molecule has 0 spiro atoms. The first kappa shape index (κ1) is 16.1. The lowest BCUT2D eigenvalue weighted by Gasteiger charge is -2.04. The van der Waals surface area contributed by atoms with E-state index in [0.717, 1.165) is 30.4 Å². The number of aryl methyl sites for hydroxylation is 2. The minimum Gasteiger partial charge on any atom is -0.476 e. The van der Waals surface area contributed by atoms with Gasteiger partial charge in [0.25, 0.3) is 0 Å². The van der Waals surface area contributed by atoms with Gasteiger partial charge in [0.05, 0.1) is 0 Å². The molecule has 120 valence electrons. The predicted molar refractivity (Wildman–Crippen MR) is 80.0 cm³/mol. The number of hydrogen-bond acceptors (Lipinski definition) is 5. The second-order valence-electron chi connectivity index (χ2n) is 5.83. The summed E-state index contributed by atoms with van der Waals surface area (Å²) < 4.78 is 2.32. The number of carbonyl (C=O) groups is 1. The molecule has 1 N–H and O–H groups in total. The first-order chi connectivity index (χ1) is 10.4. The second kappa shape index (κ2) is 6.67. The molecule has 0 aliphatic carbocycles. The summed E-state index contributed by atoms with van der Waals surface area (Å²) in [4.78, 5) is 27.4. The lowest BCUT2D eigenvalue weighted by molar-refractivity contribution is 0.0692. The number of imidazole rings is 1. The Hall–Kier alpha value is -2.25. The standard InChI is InChI=1S/C14H21N5O3/c1-9(2)7-5-4-6-8-10-15-11(13(20)21)12-16-17-18(3)14(22)19(10)12/h9H,4-8H2,1-3H3,(H,20,21). The zero-order valence-electron chi connectivity index (χ0n) is 13.1. The van der Waals surface area contributed by atoms with Gasteiger partial charge in [-0.25, -0.2) is 19.0 Å². The number of nitrogens with zero attached hydrogens (tertiary/aromatic N) is 5. The number of hydrogen-bond donors (Lipinski definition) is 1. The molecule has 0 radical (unpaired) electrons. The number of carboxylic acid groups (broad SMARTS) is 1. The Morgan fingerprint density at radius 3 is 2.64 bits per heavy atom. The van der Waals surface area contributed by atoms with E-state index in [9.17, 15) is 14.7 Å². The number of carboxylic acids is 1. The van der Waals surface area contributed by atoms with Crippen molar-refractivity contribution in [3.05, 3.63) is 22.0 Å². The molecule has 0 aliphatic heterocycles. The summed E-state index contributed by atoms with van der Waals surface area (Å²) in [6, 6.07) is 0. The Kier molecular flexibility index (Phi) is 4.89. The van der Waals surface area contributed by atoms with E-state index in [1.165, 1.54) is 11.4 Å². The van der Waals surface area contributed by atoms with Crippen LogP contribution >= 0.6 is 0 Å². The zero-order valence-corrected chi connectivity index (χ0v) is 13.1. The van der Waals surface area contributed by atoms with E-state index in [2.05, 4.69) is 29.1 Å². The smallest absolute Gasteiger partial charge is 0.358 e. The molecule has 0 aliphatic rings. The maximum absolute atomic E-state index is 12.2. The van der Waals surface area contributed by atoms with Gasteiger partial charge in [0, 0.05) is 13.5 Å². The van der Waals surface area contributed by atoms with Crippen molar-refractivity contribution in [3.8, 4) is 0 Å². The molecule has 22 heavy (non-hydrogen) atoms. The van der Waals surface area contributed by atoms with Gasteiger partial charge < -0.3 is 5.11 Å². The van der Waals surface area contributed by atoms with Gasteiger partial charge in [-0.15, -0.1) is 5.10 Å². The normalized spacial score (nSPS) is 11.5. The molecule has 2 aromatic heterocycles. The van der Waals surface area contributed by atoms with Crippen LogP contribution in [0.2, 0.25) is 0 Å². The first-order valence-corrected chi connectivity index (χ1v) is 7.46. The Morgan fingerprint density at radius 2 is 2.00 bits per heavy atom. The van der Waals surface area contributed by atoms with E-state index >= 15 is 0 Å². The molecule has 8 nitrogen and oxygen atoms in total. The SMILES string of the molecule is CC(C)CCCCCc1nc(C(=O)O)c2nnn(C)c(=O)n12. The third kappa shape index (κ3) is 3.32. The third-order valence-corrected chi connectivity index (χ3v) is 3.55. The van der Waals surface area contributed by atoms with Crippen molar-refractivity contribution in [3.63, 3.8) is 0 Å². The predicted octanol–water partition coefficient (Wildman–Crippen LogP) is 1.28. The van der Waals surface area contributed by atoms with Gasteiger partial charge >= 0.3 is 11.7 Å². The minimum absolute atomic E-state index is 0.00720. The average Bonchev–Trinajstić information content (AvgIpc) is 2.82. The van der Waals surface area contributed by atoms with Gasteiger partial charge in [-0.3, -0.25) is 0 Å². The van der Waals surface area contributed by atoms with E-state index in [0.29, 0.717) is 18.2 Å². The number of aromatic nitrogens is 5. The topological polar surface area (TPSA) is 102 Å². The summed E-state index contributed by atoms with van der Waals surface area (Å²) in [5.74, 6) is -0.0907. The highest BCUT2D eigenvalue weighted by Crippen LogP contribution is 2.13. The van der Waals surface area contributed by atoms with E-state index in [-0.39, 0.29) is 11.3 Å². The zero-order chi connectivity index (χ0) is 16.3. The van der Waals surface area contributed by atoms with Crippen molar-refractivity contribution in [2.75, 3.05) is 0 Å². The Balaban J connectivity index is 2.24. The van der Waals surface area contributed by atoms with Crippen molar-refractivity contribution in [2.45, 2.75) is 46.0 Å². The fraction of sp³-hybridized carbons (Fsp3) is 0.643. The van der Waals surface area contributed by atoms with E-state index < -0.39 is 11.7 Å². The number of unbranched alkanes of at least 4 members (excludes halogenated alkanes) is 2. The highest BCUT2D eigenvalue weighted by molar-refractivity contribution is 5.92. The van der Waals surface area contributed by atoms with Crippen LogP contribution in [0.1, 0.15) is 55.8 Å². The van der Waals surface area contributed by atoms with E-state index in [1.54, 1.807) is 0 Å². The molecular formula is C14H21N5O3. The molecule has 2 rings (SSSR count). The van der Waals surface area contributed by atoms with E-state index in [4.69, 9.17) is 0 Å². The first-order valence-electron chi connectivity index (χ1n) is 7.46. The summed E-state index contributed by atoms with van der Waals surface area (Å²) in [6.07, 6.45) is 4.71. The Labute approximate surface area is 127 Å². The summed E-state index contributed by atoms with van der Waals surface area (Å²) >= 11 is 0. The van der Waals surface area contributed by atoms with Crippen molar-refractivity contribution < 1.29 is 9.90 Å². The molecule has 8 heteroatoms. The molecule has 0 fully saturated rings. The molecule has 0 atom stereocenters. The van der Waals surface area contributed by atoms with Crippen LogP contribution in [-0.4, -0.2) is 35.5 Å². The number of fused-ring (bicyclic) bond motifs is 1. The van der Waals surface area contributed by atoms with Crippen LogP contribution in [0, 0.1) is 5.92 Å². The fourth-order valence-electron chi connectivity index (χ4n) is 2.37. The lowest BCUT2D eigenvalue weighted by atomic mass is 10.0. The summed E-state index contributed by atoms with van der Waals surface area (Å²) in [5, 5.41) is 16.6. The largest absolute Gasteiger partial charge is 0.476 e. The molecule has 2 aromatic rings. The second-order valence-corrected chi connectivity index (χ2v) is 5.83. The monoisotopic (exact) mass is 307 g/mol. The average molecular weight is 307 g/mol. The van der Waals surface area contributed by atoms with Gasteiger partial charge in [-0.05, 0) is 12.3 Å². The van der Waals surface area contributed by atoms with Gasteiger partial charge in [-0.2, -0.15) is 4.68 Å². The molecule has 0 aromatic carbocycles. The Morgan fingerprint density at radius 1 is 1.27 bits per heavy atom. The summed E-state index contributed by atoms with van der Waals surface area (Å²) in [5.41, 5.74) is -0.641. The maximum Gasteiger partial charge on any atom is 0.358 e. The van der Waals surface area contributed by atoms with Crippen LogP contribution in [0.4, 0.5) is 0 Å². The Bertz CT molecular complexity index is 732. The number of aromatic carboxylic acids is 1. The highest BCUT2D eigenvalue weighted by Gasteiger charge is 2.20. The molecule has 0 bridgehead atoms. The molecular weight excluding hydrogens is 286 g/mol. The molecule has 2 heterocycles. The van der Waals surface area contributed by atoms with Crippen LogP contribution < -0.4 is 5.69 Å². The van der Waals surface area contributed by atoms with Crippen molar-refractivity contribution in [1.82, 2.24) is 24.4 Å². The molecule has 0 unspecified atom stereocenters. The molecule has 0 saturated heterocycles. The third-order valence-electron chi connectivity index (χ3n) is 3.55. The molecule has 0 amide bonds. The highest BCUT2D eigenvalue weighted by atomic mass is 16.4. The van der Waals surface area contributed by atoms with Crippen LogP contribution in [0.3, 0.4) is 0 Å². The summed E-state index contributed by atoms with van der Waals surface area (Å²) in [7, 11) is 1.47. The lowest BCUT2D eigenvalue weighted by Crippen LogP contribution is -2.28. The van der Waals surface area contributed by atoms with Crippen LogP contribution in [0.5, 0.6) is 0 Å². The van der Waals surface area contributed by atoms with Crippen LogP contribution in [0.25, 0.3) is 5.65 Å². The quantitative estimate of drug-likeness (QED) is 0.773. The summed E-state index contributed by atoms with van der Waals surface area (Å²) in [6.45, 7) is 4.37. The van der Waals surface area contributed by atoms with Crippen LogP contribution in [-0.2, 0) is 13.5 Å². The van der Waals surface area contributed by atoms with E-state index in [1.807, 2.05) is 0 Å². The fourth-order valence-corrected chi connectivity index (χ4v) is 2.37. The van der Waals surface area contributed by atoms with Gasteiger partial charge in [0.15, 0.2) is 11.3 Å². The van der Waals surface area contributed by atoms with Crippen LogP contribution in [0.15, 0.2) is 4.79 Å². The van der Waals surface area contributed by atoms with Crippen molar-refractivity contribution >= 4 is 11.6 Å². The minimum atomic E-state index is -1.20. The molecule has 0 saturated carbocycles.